The zero-order chi connectivity index (χ0) is 19.5. The van der Waals surface area contributed by atoms with Gasteiger partial charge in [0.15, 0.2) is 5.76 Å². The van der Waals surface area contributed by atoms with Gasteiger partial charge in [-0.25, -0.2) is 13.1 Å². The van der Waals surface area contributed by atoms with Gasteiger partial charge < -0.3 is 9.32 Å². The van der Waals surface area contributed by atoms with Gasteiger partial charge in [0.25, 0.3) is 15.9 Å². The van der Waals surface area contributed by atoms with Crippen LogP contribution in [0.4, 0.5) is 0 Å². The number of nitrogens with one attached hydrogen (secondary N) is 1. The summed E-state index contributed by atoms with van der Waals surface area (Å²) >= 11 is 6.15. The minimum atomic E-state index is -3.84. The molecule has 0 fully saturated rings. The Morgan fingerprint density at radius 3 is 2.42 bits per heavy atom. The van der Waals surface area contributed by atoms with Crippen LogP contribution in [0.3, 0.4) is 0 Å². The zero-order valence-corrected chi connectivity index (χ0v) is 16.8. The fourth-order valence-electron chi connectivity index (χ4n) is 2.35. The first kappa shape index (κ1) is 20.5. The standard InChI is InChI=1S/C18H23ClN2O4S/c1-5-21(12-13-8-6-7-9-14(13)19)17(22)15-10-11-16(25-15)26(23,24)20-18(2,3)4/h6-11,20H,5,12H2,1-4H3. The van der Waals surface area contributed by atoms with Crippen LogP contribution in [0.1, 0.15) is 43.8 Å². The molecule has 0 bridgehead atoms. The second-order valence-electron chi connectivity index (χ2n) is 6.88. The highest BCUT2D eigenvalue weighted by Crippen LogP contribution is 2.21. The third-order valence-corrected chi connectivity index (χ3v) is 5.48. The van der Waals surface area contributed by atoms with E-state index in [1.165, 1.54) is 17.0 Å². The number of amides is 1. The van der Waals surface area contributed by atoms with Crippen LogP contribution in [-0.2, 0) is 16.6 Å². The van der Waals surface area contributed by atoms with Crippen molar-refractivity contribution >= 4 is 27.5 Å². The van der Waals surface area contributed by atoms with Gasteiger partial charge in [-0.3, -0.25) is 4.79 Å². The van der Waals surface area contributed by atoms with Crippen molar-refractivity contribution in [3.8, 4) is 0 Å². The summed E-state index contributed by atoms with van der Waals surface area (Å²) in [5.41, 5.74) is 0.146. The second-order valence-corrected chi connectivity index (χ2v) is 8.91. The molecule has 1 aromatic heterocycles. The molecule has 1 aromatic carbocycles. The molecule has 8 heteroatoms. The van der Waals surface area contributed by atoms with Crippen LogP contribution in [0.15, 0.2) is 45.9 Å². The SMILES string of the molecule is CCN(Cc1ccccc1Cl)C(=O)c1ccc(S(=O)(=O)NC(C)(C)C)o1. The molecule has 0 aliphatic rings. The van der Waals surface area contributed by atoms with E-state index in [9.17, 15) is 13.2 Å². The Morgan fingerprint density at radius 2 is 1.85 bits per heavy atom. The predicted octanol–water partition coefficient (Wildman–Crippen LogP) is 3.67. The molecule has 1 amide bonds. The summed E-state index contributed by atoms with van der Waals surface area (Å²) in [6.45, 7) is 7.73. The van der Waals surface area contributed by atoms with Gasteiger partial charge in [0.2, 0.25) is 5.09 Å². The van der Waals surface area contributed by atoms with Gasteiger partial charge in [-0.2, -0.15) is 0 Å². The van der Waals surface area contributed by atoms with Crippen molar-refractivity contribution in [2.24, 2.45) is 0 Å². The minimum absolute atomic E-state index is 0.0341. The summed E-state index contributed by atoms with van der Waals surface area (Å²) in [6, 6.07) is 9.90. The molecule has 0 saturated heterocycles. The number of hydrogen-bond acceptors (Lipinski definition) is 4. The lowest BCUT2D eigenvalue weighted by Gasteiger charge is -2.20. The first-order valence-electron chi connectivity index (χ1n) is 8.20. The molecule has 0 spiro atoms. The summed E-state index contributed by atoms with van der Waals surface area (Å²) in [5.74, 6) is -0.433. The Morgan fingerprint density at radius 1 is 1.19 bits per heavy atom. The van der Waals surface area contributed by atoms with Crippen molar-refractivity contribution in [3.63, 3.8) is 0 Å². The molecule has 6 nitrogen and oxygen atoms in total. The van der Waals surface area contributed by atoms with Crippen LogP contribution >= 0.6 is 11.6 Å². The summed E-state index contributed by atoms with van der Waals surface area (Å²) in [5, 5.41) is 0.278. The first-order chi connectivity index (χ1) is 12.0. The largest absolute Gasteiger partial charge is 0.438 e. The number of carbonyl (C=O) groups is 1. The Kier molecular flexibility index (Phi) is 6.16. The lowest BCUT2D eigenvalue weighted by molar-refractivity contribution is 0.0714. The topological polar surface area (TPSA) is 79.6 Å². The monoisotopic (exact) mass is 398 g/mol. The van der Waals surface area contributed by atoms with Gasteiger partial charge in [-0.05, 0) is 51.5 Å². The molecule has 0 unspecified atom stereocenters. The van der Waals surface area contributed by atoms with Crippen molar-refractivity contribution in [1.29, 1.82) is 0 Å². The molecule has 1 N–H and O–H groups in total. The van der Waals surface area contributed by atoms with E-state index in [-0.39, 0.29) is 10.9 Å². The van der Waals surface area contributed by atoms with Gasteiger partial charge in [0.1, 0.15) is 0 Å². The number of furan rings is 1. The second kappa shape index (κ2) is 7.82. The van der Waals surface area contributed by atoms with Crippen molar-refractivity contribution in [2.75, 3.05) is 6.54 Å². The van der Waals surface area contributed by atoms with Crippen LogP contribution in [-0.4, -0.2) is 31.3 Å². The smallest absolute Gasteiger partial charge is 0.289 e. The molecule has 26 heavy (non-hydrogen) atoms. The Hall–Kier alpha value is -1.83. The summed E-state index contributed by atoms with van der Waals surface area (Å²) in [6.07, 6.45) is 0. The molecule has 142 valence electrons. The number of carbonyl (C=O) groups excluding carboxylic acids is 1. The first-order valence-corrected chi connectivity index (χ1v) is 10.1. The van der Waals surface area contributed by atoms with Gasteiger partial charge in [0.05, 0.1) is 0 Å². The van der Waals surface area contributed by atoms with Gasteiger partial charge in [-0.1, -0.05) is 29.8 Å². The van der Waals surface area contributed by atoms with E-state index in [1.54, 1.807) is 26.8 Å². The van der Waals surface area contributed by atoms with Crippen LogP contribution in [0.25, 0.3) is 0 Å². The van der Waals surface area contributed by atoms with Crippen LogP contribution in [0.2, 0.25) is 5.02 Å². The Bertz CT molecular complexity index is 885. The fourth-order valence-corrected chi connectivity index (χ4v) is 3.90. The number of sulfonamides is 1. The lowest BCUT2D eigenvalue weighted by atomic mass is 10.1. The zero-order valence-electron chi connectivity index (χ0n) is 15.2. The highest BCUT2D eigenvalue weighted by Gasteiger charge is 2.27. The third kappa shape index (κ3) is 5.09. The van der Waals surface area contributed by atoms with E-state index in [1.807, 2.05) is 25.1 Å². The number of benzene rings is 1. The molecule has 0 radical (unpaired) electrons. The highest BCUT2D eigenvalue weighted by molar-refractivity contribution is 7.89. The van der Waals surface area contributed by atoms with Crippen molar-refractivity contribution in [1.82, 2.24) is 9.62 Å². The molecule has 1 heterocycles. The van der Waals surface area contributed by atoms with Crippen LogP contribution in [0.5, 0.6) is 0 Å². The molecule has 2 aromatic rings. The quantitative estimate of drug-likeness (QED) is 0.805. The number of rotatable bonds is 6. The normalized spacial score (nSPS) is 12.2. The molecular formula is C18H23ClN2O4S. The maximum Gasteiger partial charge on any atom is 0.289 e. The maximum atomic E-state index is 12.7. The Balaban J connectivity index is 2.21. The summed E-state index contributed by atoms with van der Waals surface area (Å²) < 4.78 is 32.4. The fraction of sp³-hybridized carbons (Fsp3) is 0.389. The van der Waals surface area contributed by atoms with E-state index in [4.69, 9.17) is 16.0 Å². The number of hydrogen-bond donors (Lipinski definition) is 1. The molecule has 0 saturated carbocycles. The van der Waals surface area contributed by atoms with E-state index in [2.05, 4.69) is 4.72 Å². The van der Waals surface area contributed by atoms with E-state index in [0.29, 0.717) is 18.1 Å². The number of nitrogens with zero attached hydrogens (tertiary/aromatic N) is 1. The van der Waals surface area contributed by atoms with Crippen LogP contribution < -0.4 is 4.72 Å². The van der Waals surface area contributed by atoms with Gasteiger partial charge in [-0.15, -0.1) is 0 Å². The highest BCUT2D eigenvalue weighted by atomic mass is 35.5. The van der Waals surface area contributed by atoms with Crippen LogP contribution in [0, 0.1) is 0 Å². The van der Waals surface area contributed by atoms with Crippen molar-refractivity contribution in [3.05, 3.63) is 52.7 Å². The lowest BCUT2D eigenvalue weighted by Crippen LogP contribution is -2.40. The van der Waals surface area contributed by atoms with Crippen molar-refractivity contribution < 1.29 is 17.6 Å². The van der Waals surface area contributed by atoms with E-state index < -0.39 is 21.5 Å². The average Bonchev–Trinajstić information content (AvgIpc) is 3.02. The molecule has 2 rings (SSSR count). The molecular weight excluding hydrogens is 376 g/mol. The van der Waals surface area contributed by atoms with E-state index in [0.717, 1.165) is 5.56 Å². The Labute approximate surface area is 159 Å². The van der Waals surface area contributed by atoms with Gasteiger partial charge >= 0.3 is 0 Å². The molecule has 0 aliphatic carbocycles. The summed E-state index contributed by atoms with van der Waals surface area (Å²) in [7, 11) is -3.84. The van der Waals surface area contributed by atoms with E-state index >= 15 is 0 Å². The predicted molar refractivity (Wildman–Crippen MR) is 101 cm³/mol. The maximum absolute atomic E-state index is 12.7. The number of halogens is 1. The van der Waals surface area contributed by atoms with Gasteiger partial charge in [0, 0.05) is 23.7 Å². The molecule has 0 atom stereocenters. The summed E-state index contributed by atoms with van der Waals surface area (Å²) in [4.78, 5) is 14.2. The third-order valence-electron chi connectivity index (χ3n) is 3.49. The molecule has 0 aliphatic heterocycles. The van der Waals surface area contributed by atoms with Crippen molar-refractivity contribution in [2.45, 2.75) is 44.9 Å². The minimum Gasteiger partial charge on any atom is -0.438 e. The average molecular weight is 399 g/mol.